The highest BCUT2D eigenvalue weighted by Crippen LogP contribution is 2.54. The lowest BCUT2D eigenvalue weighted by Gasteiger charge is -2.47. The first-order valence-electron chi connectivity index (χ1n) is 4.68. The number of hydrogen-bond donors (Lipinski definition) is 1. The van der Waals surface area contributed by atoms with Crippen LogP contribution >= 0.6 is 0 Å². The summed E-state index contributed by atoms with van der Waals surface area (Å²) in [4.78, 5) is 0. The Labute approximate surface area is 85.0 Å². The summed E-state index contributed by atoms with van der Waals surface area (Å²) >= 11 is 0. The summed E-state index contributed by atoms with van der Waals surface area (Å²) < 4.78 is 10.3. The van der Waals surface area contributed by atoms with Crippen molar-refractivity contribution in [1.82, 2.24) is 0 Å². The van der Waals surface area contributed by atoms with E-state index < -0.39 is 0 Å². The number of methoxy groups -OCH3 is 2. The lowest BCUT2D eigenvalue weighted by molar-refractivity contribution is -0.00319. The maximum Gasteiger partial charge on any atom is 0.102 e. The van der Waals surface area contributed by atoms with Crippen LogP contribution in [0.2, 0.25) is 0 Å². The first-order chi connectivity index (χ1) is 6.60. The summed E-state index contributed by atoms with van der Waals surface area (Å²) in [5, 5.41) is 8.99. The van der Waals surface area contributed by atoms with Gasteiger partial charge < -0.3 is 14.6 Å². The second-order valence-corrected chi connectivity index (χ2v) is 3.79. The van der Waals surface area contributed by atoms with Crippen molar-refractivity contribution in [3.05, 3.63) is 24.7 Å². The molecular weight excluding hydrogens is 180 g/mol. The van der Waals surface area contributed by atoms with Gasteiger partial charge in [0.2, 0.25) is 0 Å². The standard InChI is InChI=1S/C11H18O3/c1-8(13-3)11(9(2)14-4)5-10(6-11)7-12/h10,12H,1-2,5-7H2,3-4H3. The van der Waals surface area contributed by atoms with Crippen LogP contribution < -0.4 is 0 Å². The fourth-order valence-electron chi connectivity index (χ4n) is 2.06. The van der Waals surface area contributed by atoms with Gasteiger partial charge in [-0.3, -0.25) is 0 Å². The van der Waals surface area contributed by atoms with Crippen LogP contribution in [0.25, 0.3) is 0 Å². The predicted octanol–water partition coefficient (Wildman–Crippen LogP) is 1.70. The van der Waals surface area contributed by atoms with Crippen LogP contribution in [0, 0.1) is 11.3 Å². The predicted molar refractivity (Wildman–Crippen MR) is 54.5 cm³/mol. The van der Waals surface area contributed by atoms with Crippen LogP contribution in [0.3, 0.4) is 0 Å². The average molecular weight is 198 g/mol. The van der Waals surface area contributed by atoms with Crippen molar-refractivity contribution in [3.8, 4) is 0 Å². The van der Waals surface area contributed by atoms with Crippen molar-refractivity contribution < 1.29 is 14.6 Å². The quantitative estimate of drug-likeness (QED) is 0.683. The van der Waals surface area contributed by atoms with Gasteiger partial charge in [0.05, 0.1) is 19.6 Å². The van der Waals surface area contributed by atoms with Gasteiger partial charge in [0.15, 0.2) is 0 Å². The third-order valence-corrected chi connectivity index (χ3v) is 3.09. The Balaban J connectivity index is 2.74. The Kier molecular flexibility index (Phi) is 3.21. The molecule has 0 heterocycles. The number of rotatable bonds is 5. The zero-order chi connectivity index (χ0) is 10.8. The van der Waals surface area contributed by atoms with Gasteiger partial charge in [-0.15, -0.1) is 0 Å². The topological polar surface area (TPSA) is 38.7 Å². The normalized spacial score (nSPS) is 19.6. The molecule has 0 aromatic heterocycles. The van der Waals surface area contributed by atoms with E-state index in [1.165, 1.54) is 0 Å². The van der Waals surface area contributed by atoms with Crippen molar-refractivity contribution >= 4 is 0 Å². The molecule has 0 saturated heterocycles. The maximum atomic E-state index is 8.99. The zero-order valence-corrected chi connectivity index (χ0v) is 8.88. The van der Waals surface area contributed by atoms with E-state index in [-0.39, 0.29) is 12.0 Å². The molecular formula is C11H18O3. The van der Waals surface area contributed by atoms with Crippen LogP contribution in [0.4, 0.5) is 0 Å². The Morgan fingerprint density at radius 2 is 1.71 bits per heavy atom. The van der Waals surface area contributed by atoms with Crippen molar-refractivity contribution in [3.63, 3.8) is 0 Å². The van der Waals surface area contributed by atoms with Gasteiger partial charge in [-0.2, -0.15) is 0 Å². The molecule has 0 unspecified atom stereocenters. The SMILES string of the molecule is C=C(OC)C1(C(=C)OC)CC(CO)C1. The van der Waals surface area contributed by atoms with Gasteiger partial charge in [0, 0.05) is 6.61 Å². The summed E-state index contributed by atoms with van der Waals surface area (Å²) in [7, 11) is 3.19. The summed E-state index contributed by atoms with van der Waals surface area (Å²) in [5.41, 5.74) is -0.281. The number of hydrogen-bond acceptors (Lipinski definition) is 3. The van der Waals surface area contributed by atoms with Crippen molar-refractivity contribution in [2.24, 2.45) is 11.3 Å². The molecule has 80 valence electrons. The molecule has 3 heteroatoms. The molecule has 0 atom stereocenters. The van der Waals surface area contributed by atoms with E-state index in [2.05, 4.69) is 13.2 Å². The first-order valence-corrected chi connectivity index (χ1v) is 4.68. The number of aliphatic hydroxyl groups is 1. The van der Waals surface area contributed by atoms with Gasteiger partial charge in [-0.05, 0) is 18.8 Å². The molecule has 0 spiro atoms. The Morgan fingerprint density at radius 3 is 2.00 bits per heavy atom. The van der Waals surface area contributed by atoms with Gasteiger partial charge in [-0.25, -0.2) is 0 Å². The minimum absolute atomic E-state index is 0.204. The molecule has 1 aliphatic carbocycles. The maximum absolute atomic E-state index is 8.99. The fourth-order valence-corrected chi connectivity index (χ4v) is 2.06. The summed E-state index contributed by atoms with van der Waals surface area (Å²) in [6.07, 6.45) is 1.62. The monoisotopic (exact) mass is 198 g/mol. The second kappa shape index (κ2) is 4.05. The van der Waals surface area contributed by atoms with Crippen LogP contribution in [0.15, 0.2) is 24.7 Å². The Morgan fingerprint density at radius 1 is 1.29 bits per heavy atom. The Hall–Kier alpha value is -0.960. The Bertz CT molecular complexity index is 221. The van der Waals surface area contributed by atoms with E-state index in [0.29, 0.717) is 17.4 Å². The molecule has 1 rings (SSSR count). The first kappa shape index (κ1) is 11.1. The molecule has 1 aliphatic rings. The van der Waals surface area contributed by atoms with Crippen LogP contribution in [0.5, 0.6) is 0 Å². The summed E-state index contributed by atoms with van der Waals surface area (Å²) in [6.45, 7) is 7.92. The van der Waals surface area contributed by atoms with Crippen LogP contribution in [-0.2, 0) is 9.47 Å². The van der Waals surface area contributed by atoms with Gasteiger partial charge >= 0.3 is 0 Å². The fraction of sp³-hybridized carbons (Fsp3) is 0.636. The molecule has 1 saturated carbocycles. The lowest BCUT2D eigenvalue weighted by Crippen LogP contribution is -2.42. The zero-order valence-electron chi connectivity index (χ0n) is 8.88. The molecule has 1 N–H and O–H groups in total. The number of ether oxygens (including phenoxy) is 2. The lowest BCUT2D eigenvalue weighted by atomic mass is 9.60. The molecule has 0 aromatic carbocycles. The van der Waals surface area contributed by atoms with Gasteiger partial charge in [0.25, 0.3) is 0 Å². The molecule has 14 heavy (non-hydrogen) atoms. The third-order valence-electron chi connectivity index (χ3n) is 3.09. The molecule has 1 fully saturated rings. The second-order valence-electron chi connectivity index (χ2n) is 3.79. The van der Waals surface area contributed by atoms with E-state index in [1.54, 1.807) is 14.2 Å². The van der Waals surface area contributed by atoms with Crippen LogP contribution in [0.1, 0.15) is 12.8 Å². The highest BCUT2D eigenvalue weighted by atomic mass is 16.5. The molecule has 0 radical (unpaired) electrons. The summed E-state index contributed by atoms with van der Waals surface area (Å²) in [5.74, 6) is 1.66. The molecule has 0 bridgehead atoms. The number of aliphatic hydroxyl groups excluding tert-OH is 1. The molecule has 0 aromatic rings. The van der Waals surface area contributed by atoms with E-state index in [9.17, 15) is 0 Å². The van der Waals surface area contributed by atoms with Gasteiger partial charge in [-0.1, -0.05) is 13.2 Å². The highest BCUT2D eigenvalue weighted by molar-refractivity contribution is 5.23. The van der Waals surface area contributed by atoms with E-state index in [1.807, 2.05) is 0 Å². The van der Waals surface area contributed by atoms with Crippen LogP contribution in [-0.4, -0.2) is 25.9 Å². The van der Waals surface area contributed by atoms with Gasteiger partial charge in [0.1, 0.15) is 11.5 Å². The minimum atomic E-state index is -0.281. The van der Waals surface area contributed by atoms with Crippen molar-refractivity contribution in [2.75, 3.05) is 20.8 Å². The van der Waals surface area contributed by atoms with E-state index in [4.69, 9.17) is 14.6 Å². The van der Waals surface area contributed by atoms with E-state index in [0.717, 1.165) is 12.8 Å². The summed E-state index contributed by atoms with van der Waals surface area (Å²) in [6, 6.07) is 0. The van der Waals surface area contributed by atoms with Crippen molar-refractivity contribution in [1.29, 1.82) is 0 Å². The largest absolute Gasteiger partial charge is 0.501 e. The van der Waals surface area contributed by atoms with E-state index >= 15 is 0 Å². The smallest absolute Gasteiger partial charge is 0.102 e. The molecule has 0 amide bonds. The average Bonchev–Trinajstić information content (AvgIpc) is 2.15. The molecule has 0 aliphatic heterocycles. The highest BCUT2D eigenvalue weighted by Gasteiger charge is 2.50. The van der Waals surface area contributed by atoms with Crippen molar-refractivity contribution in [2.45, 2.75) is 12.8 Å². The minimum Gasteiger partial charge on any atom is -0.501 e. The third kappa shape index (κ3) is 1.52. The molecule has 3 nitrogen and oxygen atoms in total.